The van der Waals surface area contributed by atoms with Crippen molar-refractivity contribution in [3.8, 4) is 0 Å². The van der Waals surface area contributed by atoms with Crippen LogP contribution in [0.4, 0.5) is 0 Å². The van der Waals surface area contributed by atoms with E-state index in [1.54, 1.807) is 0 Å². The zero-order valence-electron chi connectivity index (χ0n) is 7.43. The third kappa shape index (κ3) is 2.84. The van der Waals surface area contributed by atoms with Crippen molar-refractivity contribution < 1.29 is 4.74 Å². The molecule has 0 atom stereocenters. The Bertz CT molecular complexity index is 238. The standard InChI is InChI=1S/C10H13ClO/c1-3-12-7-9-4-8(2)5-10(11)6-9/h4-6H,3,7H2,1-2H3. The molecule has 0 aliphatic carbocycles. The molecule has 1 nitrogen and oxygen atoms in total. The van der Waals surface area contributed by atoms with Gasteiger partial charge < -0.3 is 4.74 Å². The predicted octanol–water partition coefficient (Wildman–Crippen LogP) is 3.18. The lowest BCUT2D eigenvalue weighted by molar-refractivity contribution is 0.134. The minimum Gasteiger partial charge on any atom is -0.377 e. The number of rotatable bonds is 3. The van der Waals surface area contributed by atoms with Crippen molar-refractivity contribution in [3.05, 3.63) is 34.3 Å². The molecule has 66 valence electrons. The van der Waals surface area contributed by atoms with Crippen LogP contribution in [0.2, 0.25) is 5.02 Å². The lowest BCUT2D eigenvalue weighted by Crippen LogP contribution is -1.92. The van der Waals surface area contributed by atoms with Gasteiger partial charge in [-0.25, -0.2) is 0 Å². The summed E-state index contributed by atoms with van der Waals surface area (Å²) in [5.41, 5.74) is 2.32. The van der Waals surface area contributed by atoms with Gasteiger partial charge in [-0.15, -0.1) is 0 Å². The largest absolute Gasteiger partial charge is 0.377 e. The Morgan fingerprint density at radius 2 is 2.08 bits per heavy atom. The van der Waals surface area contributed by atoms with Crippen molar-refractivity contribution in [3.63, 3.8) is 0 Å². The highest BCUT2D eigenvalue weighted by Crippen LogP contribution is 2.14. The molecule has 0 radical (unpaired) electrons. The summed E-state index contributed by atoms with van der Waals surface area (Å²) in [4.78, 5) is 0. The molecule has 0 amide bonds. The molecule has 0 fully saturated rings. The van der Waals surface area contributed by atoms with Gasteiger partial charge in [0, 0.05) is 11.6 Å². The van der Waals surface area contributed by atoms with Crippen LogP contribution in [0.3, 0.4) is 0 Å². The number of hydrogen-bond donors (Lipinski definition) is 0. The van der Waals surface area contributed by atoms with E-state index >= 15 is 0 Å². The smallest absolute Gasteiger partial charge is 0.0717 e. The van der Waals surface area contributed by atoms with Gasteiger partial charge in [0.25, 0.3) is 0 Å². The summed E-state index contributed by atoms with van der Waals surface area (Å²) in [6.07, 6.45) is 0. The minimum absolute atomic E-state index is 0.651. The van der Waals surface area contributed by atoms with Crippen LogP contribution in [0, 0.1) is 6.92 Å². The number of halogens is 1. The fourth-order valence-electron chi connectivity index (χ4n) is 1.12. The lowest BCUT2D eigenvalue weighted by atomic mass is 10.1. The Morgan fingerprint density at radius 3 is 2.67 bits per heavy atom. The Balaban J connectivity index is 2.72. The molecule has 0 spiro atoms. The van der Waals surface area contributed by atoms with Gasteiger partial charge in [0.05, 0.1) is 6.61 Å². The molecule has 0 unspecified atom stereocenters. The molecule has 2 heteroatoms. The molecule has 0 aliphatic heterocycles. The molecule has 0 bridgehead atoms. The second-order valence-corrected chi connectivity index (χ2v) is 3.21. The Hall–Kier alpha value is -0.530. The fraction of sp³-hybridized carbons (Fsp3) is 0.400. The Morgan fingerprint density at radius 1 is 1.33 bits per heavy atom. The van der Waals surface area contributed by atoms with Gasteiger partial charge in [0.1, 0.15) is 0 Å². The summed E-state index contributed by atoms with van der Waals surface area (Å²) in [6, 6.07) is 5.96. The van der Waals surface area contributed by atoms with Gasteiger partial charge in [-0.3, -0.25) is 0 Å². The molecular weight excluding hydrogens is 172 g/mol. The van der Waals surface area contributed by atoms with Gasteiger partial charge >= 0.3 is 0 Å². The molecule has 0 N–H and O–H groups in total. The number of hydrogen-bond acceptors (Lipinski definition) is 1. The van der Waals surface area contributed by atoms with Crippen molar-refractivity contribution in [2.24, 2.45) is 0 Å². The number of aryl methyl sites for hydroxylation is 1. The van der Waals surface area contributed by atoms with Gasteiger partial charge in [0.2, 0.25) is 0 Å². The highest BCUT2D eigenvalue weighted by atomic mass is 35.5. The first-order chi connectivity index (χ1) is 5.72. The van der Waals surface area contributed by atoms with Crippen molar-refractivity contribution in [1.29, 1.82) is 0 Å². The first kappa shape index (κ1) is 9.56. The molecular formula is C10H13ClO. The highest BCUT2D eigenvalue weighted by molar-refractivity contribution is 6.30. The average Bonchev–Trinajstić information content (AvgIpc) is 1.99. The van der Waals surface area contributed by atoms with E-state index in [1.807, 2.05) is 26.0 Å². The predicted molar refractivity (Wildman–Crippen MR) is 51.5 cm³/mol. The quantitative estimate of drug-likeness (QED) is 0.701. The number of ether oxygens (including phenoxy) is 1. The summed E-state index contributed by atoms with van der Waals surface area (Å²) in [5.74, 6) is 0. The second kappa shape index (κ2) is 4.48. The van der Waals surface area contributed by atoms with Crippen LogP contribution in [0.5, 0.6) is 0 Å². The molecule has 0 saturated carbocycles. The first-order valence-electron chi connectivity index (χ1n) is 4.06. The summed E-state index contributed by atoms with van der Waals surface area (Å²) in [7, 11) is 0. The molecule has 1 rings (SSSR count). The van der Waals surface area contributed by atoms with E-state index in [0.29, 0.717) is 6.61 Å². The Labute approximate surface area is 78.3 Å². The number of benzene rings is 1. The average molecular weight is 185 g/mol. The zero-order valence-corrected chi connectivity index (χ0v) is 8.19. The maximum absolute atomic E-state index is 5.87. The van der Waals surface area contributed by atoms with Crippen LogP contribution in [0.15, 0.2) is 18.2 Å². The van der Waals surface area contributed by atoms with E-state index in [9.17, 15) is 0 Å². The SMILES string of the molecule is CCOCc1cc(C)cc(Cl)c1. The van der Waals surface area contributed by atoms with Crippen molar-refractivity contribution >= 4 is 11.6 Å². The topological polar surface area (TPSA) is 9.23 Å². The lowest BCUT2D eigenvalue weighted by Gasteiger charge is -2.03. The van der Waals surface area contributed by atoms with Crippen molar-refractivity contribution in [2.75, 3.05) is 6.61 Å². The molecule has 0 aliphatic rings. The molecule has 1 aromatic rings. The van der Waals surface area contributed by atoms with Gasteiger partial charge in [-0.2, -0.15) is 0 Å². The van der Waals surface area contributed by atoms with E-state index in [-0.39, 0.29) is 0 Å². The zero-order chi connectivity index (χ0) is 8.97. The van der Waals surface area contributed by atoms with Crippen LogP contribution >= 0.6 is 11.6 Å². The van der Waals surface area contributed by atoms with Gasteiger partial charge in [-0.1, -0.05) is 17.7 Å². The highest BCUT2D eigenvalue weighted by Gasteiger charge is 1.95. The summed E-state index contributed by atoms with van der Waals surface area (Å²) in [5, 5.41) is 0.782. The molecule has 1 aromatic carbocycles. The monoisotopic (exact) mass is 184 g/mol. The van der Waals surface area contributed by atoms with Crippen molar-refractivity contribution in [1.82, 2.24) is 0 Å². The van der Waals surface area contributed by atoms with Gasteiger partial charge in [-0.05, 0) is 37.1 Å². The molecule has 0 aromatic heterocycles. The molecule has 0 saturated heterocycles. The minimum atomic E-state index is 0.651. The van der Waals surface area contributed by atoms with Crippen LogP contribution in [0.1, 0.15) is 18.1 Å². The van der Waals surface area contributed by atoms with Crippen LogP contribution in [-0.4, -0.2) is 6.61 Å². The maximum Gasteiger partial charge on any atom is 0.0717 e. The fourth-order valence-corrected chi connectivity index (χ4v) is 1.43. The van der Waals surface area contributed by atoms with Gasteiger partial charge in [0.15, 0.2) is 0 Å². The van der Waals surface area contributed by atoms with Crippen LogP contribution < -0.4 is 0 Å². The van der Waals surface area contributed by atoms with E-state index in [0.717, 1.165) is 17.2 Å². The second-order valence-electron chi connectivity index (χ2n) is 2.77. The third-order valence-corrected chi connectivity index (χ3v) is 1.79. The van der Waals surface area contributed by atoms with Crippen molar-refractivity contribution in [2.45, 2.75) is 20.5 Å². The van der Waals surface area contributed by atoms with Crippen LogP contribution in [-0.2, 0) is 11.3 Å². The summed E-state index contributed by atoms with van der Waals surface area (Å²) >= 11 is 5.87. The van der Waals surface area contributed by atoms with E-state index in [2.05, 4.69) is 6.07 Å². The normalized spacial score (nSPS) is 10.2. The van der Waals surface area contributed by atoms with E-state index in [1.165, 1.54) is 5.56 Å². The summed E-state index contributed by atoms with van der Waals surface area (Å²) in [6.45, 7) is 5.40. The van der Waals surface area contributed by atoms with E-state index in [4.69, 9.17) is 16.3 Å². The molecule has 12 heavy (non-hydrogen) atoms. The molecule has 0 heterocycles. The Kier molecular flexibility index (Phi) is 3.57. The summed E-state index contributed by atoms with van der Waals surface area (Å²) < 4.78 is 5.27. The third-order valence-electron chi connectivity index (χ3n) is 1.57. The first-order valence-corrected chi connectivity index (χ1v) is 4.44. The van der Waals surface area contributed by atoms with E-state index < -0.39 is 0 Å². The van der Waals surface area contributed by atoms with Crippen LogP contribution in [0.25, 0.3) is 0 Å². The maximum atomic E-state index is 5.87.